The Hall–Kier alpha value is -3.48. The summed E-state index contributed by atoms with van der Waals surface area (Å²) in [4.78, 5) is 12.3. The van der Waals surface area contributed by atoms with Crippen molar-refractivity contribution in [1.29, 1.82) is 0 Å². The van der Waals surface area contributed by atoms with Gasteiger partial charge in [-0.15, -0.1) is 10.2 Å². The van der Waals surface area contributed by atoms with E-state index in [2.05, 4.69) is 25.3 Å². The van der Waals surface area contributed by atoms with Crippen molar-refractivity contribution in [2.75, 3.05) is 19.4 Å². The summed E-state index contributed by atoms with van der Waals surface area (Å²) in [6, 6.07) is 19.4. The molecule has 2 aromatic heterocycles. The van der Waals surface area contributed by atoms with Crippen molar-refractivity contribution in [3.8, 4) is 5.75 Å². The summed E-state index contributed by atoms with van der Waals surface area (Å²) in [7, 11) is -2.16. The molecule has 4 aromatic rings. The second-order valence-corrected chi connectivity index (χ2v) is 10.2. The van der Waals surface area contributed by atoms with Gasteiger partial charge >= 0.3 is 0 Å². The van der Waals surface area contributed by atoms with E-state index in [1.54, 1.807) is 28.8 Å². The van der Waals surface area contributed by atoms with Crippen LogP contribution < -0.4 is 14.8 Å². The lowest BCUT2D eigenvalue weighted by molar-refractivity contribution is -0.118. The van der Waals surface area contributed by atoms with Gasteiger partial charge in [0.25, 0.3) is 0 Å². The number of carbonyl (C=O) groups is 1. The van der Waals surface area contributed by atoms with Crippen LogP contribution in [-0.2, 0) is 27.8 Å². The van der Waals surface area contributed by atoms with Gasteiger partial charge < -0.3 is 10.1 Å². The topological polar surface area (TPSA) is 128 Å². The maximum Gasteiger partial charge on any atom is 0.240 e. The molecule has 35 heavy (non-hydrogen) atoms. The predicted molar refractivity (Wildman–Crippen MR) is 132 cm³/mol. The Morgan fingerprint density at radius 1 is 1.03 bits per heavy atom. The number of hydrogen-bond donors (Lipinski definition) is 2. The van der Waals surface area contributed by atoms with Crippen LogP contribution >= 0.6 is 11.8 Å². The molecule has 0 saturated heterocycles. The van der Waals surface area contributed by atoms with E-state index in [9.17, 15) is 13.2 Å². The van der Waals surface area contributed by atoms with Crippen molar-refractivity contribution >= 4 is 33.3 Å². The van der Waals surface area contributed by atoms with Gasteiger partial charge in [0.15, 0.2) is 11.5 Å². The number of rotatable bonds is 11. The lowest BCUT2D eigenvalue weighted by atomic mass is 10.2. The number of carbonyl (C=O) groups excluding carboxylic acids is 1. The van der Waals surface area contributed by atoms with Crippen LogP contribution in [0.15, 0.2) is 76.7 Å². The minimum absolute atomic E-state index is 0.0994. The number of aromatic nitrogens is 4. The van der Waals surface area contributed by atoms with Crippen LogP contribution in [0, 0.1) is 0 Å². The molecule has 12 heteroatoms. The summed E-state index contributed by atoms with van der Waals surface area (Å²) < 4.78 is 34.2. The monoisotopic (exact) mass is 512 g/mol. The number of thioether (sulfide) groups is 1. The molecule has 0 fully saturated rings. The van der Waals surface area contributed by atoms with E-state index in [0.29, 0.717) is 28.8 Å². The van der Waals surface area contributed by atoms with Gasteiger partial charge in [0, 0.05) is 19.5 Å². The molecule has 0 aliphatic heterocycles. The Labute approximate surface area is 207 Å². The van der Waals surface area contributed by atoms with Crippen LogP contribution in [0.5, 0.6) is 5.75 Å². The minimum Gasteiger partial charge on any atom is -0.497 e. The number of amides is 1. The van der Waals surface area contributed by atoms with Gasteiger partial charge in [0.05, 0.1) is 17.8 Å². The van der Waals surface area contributed by atoms with E-state index < -0.39 is 10.0 Å². The first-order valence-corrected chi connectivity index (χ1v) is 13.2. The van der Waals surface area contributed by atoms with Crippen LogP contribution in [-0.4, -0.2) is 53.5 Å². The van der Waals surface area contributed by atoms with Crippen molar-refractivity contribution in [3.63, 3.8) is 0 Å². The van der Waals surface area contributed by atoms with Gasteiger partial charge in [0.2, 0.25) is 15.9 Å². The molecule has 0 atom stereocenters. The molecule has 0 saturated carbocycles. The number of sulfonamides is 1. The van der Waals surface area contributed by atoms with Gasteiger partial charge in [-0.05, 0) is 42.0 Å². The Balaban J connectivity index is 1.32. The minimum atomic E-state index is -3.68. The Morgan fingerprint density at radius 3 is 2.54 bits per heavy atom. The molecule has 2 N–H and O–H groups in total. The van der Waals surface area contributed by atoms with Crippen LogP contribution in [0.3, 0.4) is 0 Å². The fraction of sp³-hybridized carbons (Fsp3) is 0.217. The van der Waals surface area contributed by atoms with Crippen molar-refractivity contribution in [3.05, 3.63) is 78.1 Å². The third kappa shape index (κ3) is 6.56. The fourth-order valence-corrected chi connectivity index (χ4v) is 4.89. The van der Waals surface area contributed by atoms with Crippen LogP contribution in [0.1, 0.15) is 11.4 Å². The van der Waals surface area contributed by atoms with Crippen LogP contribution in [0.2, 0.25) is 0 Å². The molecule has 0 aliphatic carbocycles. The van der Waals surface area contributed by atoms with Gasteiger partial charge in [-0.25, -0.2) is 13.1 Å². The van der Waals surface area contributed by atoms with Crippen molar-refractivity contribution in [1.82, 2.24) is 29.9 Å². The third-order valence-electron chi connectivity index (χ3n) is 5.00. The summed E-state index contributed by atoms with van der Waals surface area (Å²) in [5.74, 6) is 1.20. The molecule has 2 aromatic carbocycles. The standard InChI is InChI=1S/C23H24N6O4S2/c1-33-18-7-9-19(10-8-18)35(31,32)25-14-13-21-27-26-20-11-12-23(28-29(20)21)34-16-22(30)24-15-17-5-3-2-4-6-17/h2-12,25H,13-16H2,1H3,(H,24,30). The van der Waals surface area contributed by atoms with E-state index >= 15 is 0 Å². The highest BCUT2D eigenvalue weighted by molar-refractivity contribution is 7.99. The molecular formula is C23H24N6O4S2. The SMILES string of the molecule is COc1ccc(S(=O)(=O)NCCc2nnc3ccc(SCC(=O)NCc4ccccc4)nn23)cc1. The van der Waals surface area contributed by atoms with E-state index in [1.165, 1.54) is 31.0 Å². The average molecular weight is 513 g/mol. The Kier molecular flexibility index (Phi) is 7.95. The molecule has 4 rings (SSSR count). The average Bonchev–Trinajstić information content (AvgIpc) is 3.29. The summed E-state index contributed by atoms with van der Waals surface area (Å²) in [6.07, 6.45) is 0.287. The fourth-order valence-electron chi connectivity index (χ4n) is 3.17. The lowest BCUT2D eigenvalue weighted by Crippen LogP contribution is -2.26. The quantitative estimate of drug-likeness (QED) is 0.292. The number of fused-ring (bicyclic) bond motifs is 1. The van der Waals surface area contributed by atoms with E-state index in [4.69, 9.17) is 4.74 Å². The van der Waals surface area contributed by atoms with E-state index in [1.807, 2.05) is 30.3 Å². The number of benzene rings is 2. The highest BCUT2D eigenvalue weighted by Gasteiger charge is 2.15. The maximum absolute atomic E-state index is 12.5. The summed E-state index contributed by atoms with van der Waals surface area (Å²) >= 11 is 1.30. The molecule has 10 nitrogen and oxygen atoms in total. The van der Waals surface area contributed by atoms with Gasteiger partial charge in [-0.3, -0.25) is 4.79 Å². The number of ether oxygens (including phenoxy) is 1. The molecule has 182 valence electrons. The molecule has 2 heterocycles. The molecule has 0 unspecified atom stereocenters. The number of nitrogens with zero attached hydrogens (tertiary/aromatic N) is 4. The number of methoxy groups -OCH3 is 1. The highest BCUT2D eigenvalue weighted by Crippen LogP contribution is 2.17. The van der Waals surface area contributed by atoms with Gasteiger partial charge in [-0.2, -0.15) is 9.61 Å². The van der Waals surface area contributed by atoms with Crippen molar-refractivity contribution in [2.45, 2.75) is 22.9 Å². The first-order chi connectivity index (χ1) is 16.9. The number of hydrogen-bond acceptors (Lipinski definition) is 8. The molecule has 0 aliphatic rings. The van der Waals surface area contributed by atoms with Crippen molar-refractivity contribution < 1.29 is 17.9 Å². The second-order valence-electron chi connectivity index (χ2n) is 7.43. The van der Waals surface area contributed by atoms with E-state index in [0.717, 1.165) is 5.56 Å². The zero-order valence-electron chi connectivity index (χ0n) is 18.9. The summed E-state index contributed by atoms with van der Waals surface area (Å²) in [6.45, 7) is 0.588. The zero-order valence-corrected chi connectivity index (χ0v) is 20.6. The van der Waals surface area contributed by atoms with E-state index in [-0.39, 0.29) is 29.5 Å². The smallest absolute Gasteiger partial charge is 0.240 e. The van der Waals surface area contributed by atoms with Gasteiger partial charge in [0.1, 0.15) is 10.8 Å². The molecule has 0 radical (unpaired) electrons. The largest absolute Gasteiger partial charge is 0.497 e. The van der Waals surface area contributed by atoms with Crippen molar-refractivity contribution in [2.24, 2.45) is 0 Å². The third-order valence-corrected chi connectivity index (χ3v) is 7.39. The Bertz CT molecular complexity index is 1390. The molecule has 1 amide bonds. The summed E-state index contributed by atoms with van der Waals surface area (Å²) in [5.41, 5.74) is 1.57. The zero-order chi connectivity index (χ0) is 24.7. The second kappa shape index (κ2) is 11.3. The highest BCUT2D eigenvalue weighted by atomic mass is 32.2. The molecule has 0 bridgehead atoms. The first-order valence-electron chi connectivity index (χ1n) is 10.7. The first kappa shape index (κ1) is 24.6. The summed E-state index contributed by atoms with van der Waals surface area (Å²) in [5, 5.41) is 16.2. The number of nitrogens with one attached hydrogen (secondary N) is 2. The Morgan fingerprint density at radius 2 is 1.80 bits per heavy atom. The molecule has 0 spiro atoms. The van der Waals surface area contributed by atoms with Gasteiger partial charge in [-0.1, -0.05) is 42.1 Å². The maximum atomic E-state index is 12.5. The molecular weight excluding hydrogens is 488 g/mol. The predicted octanol–water partition coefficient (Wildman–Crippen LogP) is 2.06. The normalized spacial score (nSPS) is 11.5. The lowest BCUT2D eigenvalue weighted by Gasteiger charge is -2.07. The van der Waals surface area contributed by atoms with Crippen LogP contribution in [0.4, 0.5) is 0 Å². The van der Waals surface area contributed by atoms with Crippen LogP contribution in [0.25, 0.3) is 5.65 Å².